The SMILES string of the molecule is [B][P+](C)(c1ccccc1)c1c(C)cc(C)cc1C. The van der Waals surface area contributed by atoms with Crippen LogP contribution in [0.1, 0.15) is 16.7 Å². The monoisotopic (exact) mass is 253 g/mol. The summed E-state index contributed by atoms with van der Waals surface area (Å²) in [7, 11) is 4.98. The summed E-state index contributed by atoms with van der Waals surface area (Å²) in [5, 5.41) is 2.61. The van der Waals surface area contributed by atoms with E-state index in [1.54, 1.807) is 0 Å². The highest BCUT2D eigenvalue weighted by atomic mass is 31.2. The molecule has 18 heavy (non-hydrogen) atoms. The summed E-state index contributed by atoms with van der Waals surface area (Å²) in [6.45, 7) is 8.68. The zero-order valence-electron chi connectivity index (χ0n) is 11.6. The third kappa shape index (κ3) is 2.38. The predicted octanol–water partition coefficient (Wildman–Crippen LogP) is 3.29. The zero-order chi connectivity index (χ0) is 13.3. The van der Waals surface area contributed by atoms with Crippen LogP contribution in [0.2, 0.25) is 0 Å². The van der Waals surface area contributed by atoms with Crippen molar-refractivity contribution in [2.45, 2.75) is 20.8 Å². The molecule has 0 heterocycles. The predicted molar refractivity (Wildman–Crippen MR) is 85.0 cm³/mol. The Labute approximate surface area is 112 Å². The number of hydrogen-bond acceptors (Lipinski definition) is 0. The van der Waals surface area contributed by atoms with Gasteiger partial charge in [0, 0.05) is 13.8 Å². The normalized spacial score (nSPS) is 14.2. The van der Waals surface area contributed by atoms with Crippen molar-refractivity contribution in [3.63, 3.8) is 0 Å². The fourth-order valence-electron chi connectivity index (χ4n) is 2.77. The van der Waals surface area contributed by atoms with Crippen molar-refractivity contribution in [3.05, 3.63) is 59.2 Å². The van der Waals surface area contributed by atoms with Crippen molar-refractivity contribution in [1.82, 2.24) is 0 Å². The van der Waals surface area contributed by atoms with E-state index in [0.29, 0.717) is 0 Å². The third-order valence-electron chi connectivity index (χ3n) is 3.39. The second-order valence-electron chi connectivity index (χ2n) is 5.16. The van der Waals surface area contributed by atoms with Gasteiger partial charge in [-0.05, 0) is 44.0 Å². The number of benzene rings is 2. The maximum Gasteiger partial charge on any atom is 0.377 e. The highest BCUT2D eigenvalue weighted by molar-refractivity contribution is 8.08. The van der Waals surface area contributed by atoms with Crippen LogP contribution in [0.5, 0.6) is 0 Å². The molecule has 0 aromatic heterocycles. The van der Waals surface area contributed by atoms with E-state index in [1.807, 2.05) is 6.07 Å². The van der Waals surface area contributed by atoms with Crippen LogP contribution >= 0.6 is 7.14 Å². The first kappa shape index (κ1) is 13.4. The minimum Gasteiger partial charge on any atom is -0.0620 e. The Balaban J connectivity index is 2.61. The quantitative estimate of drug-likeness (QED) is 0.569. The molecule has 2 heteroatoms. The first-order valence-electron chi connectivity index (χ1n) is 6.22. The topological polar surface area (TPSA) is 0 Å². The van der Waals surface area contributed by atoms with Gasteiger partial charge in [0.2, 0.25) is 0 Å². The summed E-state index contributed by atoms with van der Waals surface area (Å²) in [5.41, 5.74) is 3.94. The second-order valence-corrected chi connectivity index (χ2v) is 8.27. The van der Waals surface area contributed by atoms with Gasteiger partial charge < -0.3 is 0 Å². The molecule has 2 radical (unpaired) electrons. The van der Waals surface area contributed by atoms with Crippen molar-refractivity contribution in [2.24, 2.45) is 0 Å². The molecule has 1 unspecified atom stereocenters. The molecule has 0 nitrogen and oxygen atoms in total. The largest absolute Gasteiger partial charge is 0.377 e. The first-order valence-corrected chi connectivity index (χ1v) is 8.52. The molecule has 90 valence electrons. The molecule has 2 aromatic rings. The summed E-state index contributed by atoms with van der Waals surface area (Å²) in [4.78, 5) is 0. The van der Waals surface area contributed by atoms with Crippen LogP contribution in [0.3, 0.4) is 0 Å². The van der Waals surface area contributed by atoms with E-state index in [4.69, 9.17) is 7.57 Å². The van der Waals surface area contributed by atoms with Crippen molar-refractivity contribution >= 4 is 25.3 Å². The molecule has 1 atom stereocenters. The average Bonchev–Trinajstić information content (AvgIpc) is 2.28. The molecule has 0 saturated carbocycles. The Morgan fingerprint density at radius 3 is 1.89 bits per heavy atom. The Bertz CT molecular complexity index is 536. The van der Waals surface area contributed by atoms with Gasteiger partial charge in [-0.15, -0.1) is 0 Å². The van der Waals surface area contributed by atoms with E-state index in [2.05, 4.69) is 63.8 Å². The van der Waals surface area contributed by atoms with Gasteiger partial charge in [-0.1, -0.05) is 35.9 Å². The average molecular weight is 253 g/mol. The van der Waals surface area contributed by atoms with Gasteiger partial charge in [-0.25, -0.2) is 0 Å². The molecule has 0 amide bonds. The Morgan fingerprint density at radius 1 is 0.889 bits per heavy atom. The lowest BCUT2D eigenvalue weighted by molar-refractivity contribution is 1.35. The fourth-order valence-corrected chi connectivity index (χ4v) is 5.42. The van der Waals surface area contributed by atoms with E-state index in [0.717, 1.165) is 0 Å². The van der Waals surface area contributed by atoms with Crippen LogP contribution in [-0.2, 0) is 0 Å². The highest BCUT2D eigenvalue weighted by Gasteiger charge is 2.34. The Kier molecular flexibility index (Phi) is 3.64. The molecule has 0 fully saturated rings. The van der Waals surface area contributed by atoms with Crippen molar-refractivity contribution < 1.29 is 0 Å². The fraction of sp³-hybridized carbons (Fsp3) is 0.250. The molecule has 0 N–H and O–H groups in total. The van der Waals surface area contributed by atoms with Gasteiger partial charge in [0.05, 0.1) is 10.6 Å². The lowest BCUT2D eigenvalue weighted by Crippen LogP contribution is -2.25. The number of rotatable bonds is 2. The third-order valence-corrected chi connectivity index (χ3v) is 6.40. The van der Waals surface area contributed by atoms with Gasteiger partial charge in [-0.2, -0.15) is 0 Å². The van der Waals surface area contributed by atoms with Crippen LogP contribution in [0, 0.1) is 20.8 Å². The molecule has 0 aliphatic heterocycles. The number of aryl methyl sites for hydroxylation is 3. The van der Waals surface area contributed by atoms with Gasteiger partial charge in [-0.3, -0.25) is 0 Å². The first-order chi connectivity index (χ1) is 8.43. The summed E-state index contributed by atoms with van der Waals surface area (Å²) in [6, 6.07) is 14.9. The molecule has 0 spiro atoms. The standard InChI is InChI=1S/C16H19BP/c1-12-10-13(2)16(14(3)11-12)18(4,17)15-8-6-5-7-9-15/h5-11H,1-4H3/q+1. The summed E-state index contributed by atoms with van der Waals surface area (Å²) < 4.78 is 0. The van der Waals surface area contributed by atoms with Crippen LogP contribution in [0.4, 0.5) is 0 Å². The van der Waals surface area contributed by atoms with Gasteiger partial charge in [0.15, 0.2) is 0 Å². The molecule has 0 bridgehead atoms. The maximum atomic E-state index is 6.72. The van der Waals surface area contributed by atoms with Gasteiger partial charge >= 0.3 is 7.57 Å². The minimum atomic E-state index is -1.74. The maximum absolute atomic E-state index is 6.72. The van der Waals surface area contributed by atoms with Crippen LogP contribution in [0.25, 0.3) is 0 Å². The van der Waals surface area contributed by atoms with E-state index in [9.17, 15) is 0 Å². The van der Waals surface area contributed by atoms with E-state index >= 15 is 0 Å². The Morgan fingerprint density at radius 2 is 1.39 bits per heavy atom. The molecule has 0 saturated heterocycles. The Hall–Kier alpha value is -1.07. The summed E-state index contributed by atoms with van der Waals surface area (Å²) in [6.07, 6.45) is 0. The lowest BCUT2D eigenvalue weighted by atomic mass is 10.1. The molecular weight excluding hydrogens is 234 g/mol. The smallest absolute Gasteiger partial charge is 0.0620 e. The zero-order valence-corrected chi connectivity index (χ0v) is 12.5. The van der Waals surface area contributed by atoms with E-state index in [-0.39, 0.29) is 0 Å². The van der Waals surface area contributed by atoms with E-state index < -0.39 is 7.14 Å². The van der Waals surface area contributed by atoms with Gasteiger partial charge in [0.25, 0.3) is 0 Å². The molecule has 2 aromatic carbocycles. The van der Waals surface area contributed by atoms with Crippen LogP contribution in [0.15, 0.2) is 42.5 Å². The highest BCUT2D eigenvalue weighted by Crippen LogP contribution is 2.49. The van der Waals surface area contributed by atoms with Crippen molar-refractivity contribution in [1.29, 1.82) is 0 Å². The van der Waals surface area contributed by atoms with Gasteiger partial charge in [0.1, 0.15) is 0 Å². The van der Waals surface area contributed by atoms with Crippen LogP contribution in [-0.4, -0.2) is 14.2 Å². The van der Waals surface area contributed by atoms with Crippen molar-refractivity contribution in [3.8, 4) is 0 Å². The van der Waals surface area contributed by atoms with Crippen LogP contribution < -0.4 is 10.6 Å². The summed E-state index contributed by atoms with van der Waals surface area (Å²) >= 11 is 0. The van der Waals surface area contributed by atoms with Crippen molar-refractivity contribution in [2.75, 3.05) is 6.66 Å². The molecule has 0 aliphatic rings. The van der Waals surface area contributed by atoms with E-state index in [1.165, 1.54) is 27.3 Å². The lowest BCUT2D eigenvalue weighted by Gasteiger charge is -2.23. The molecular formula is C16H19BP+. The second kappa shape index (κ2) is 4.90. The molecule has 2 rings (SSSR count). The summed E-state index contributed by atoms with van der Waals surface area (Å²) in [5.74, 6) is 0. The minimum absolute atomic E-state index is 1.26. The number of hydrogen-bond donors (Lipinski definition) is 0. The molecule has 0 aliphatic carbocycles.